The maximum absolute atomic E-state index is 12.6. The van der Waals surface area contributed by atoms with Gasteiger partial charge in [-0.1, -0.05) is 13.8 Å². The quantitative estimate of drug-likeness (QED) is 0.785. The number of amides is 1. The van der Waals surface area contributed by atoms with Crippen LogP contribution in [0.4, 0.5) is 0 Å². The van der Waals surface area contributed by atoms with E-state index in [1.54, 1.807) is 0 Å². The van der Waals surface area contributed by atoms with Crippen LogP contribution in [0.2, 0.25) is 0 Å². The van der Waals surface area contributed by atoms with Crippen molar-refractivity contribution in [2.24, 2.45) is 17.1 Å². The first-order valence-electron chi connectivity index (χ1n) is 7.27. The Labute approximate surface area is 136 Å². The molecule has 0 radical (unpaired) electrons. The van der Waals surface area contributed by atoms with Gasteiger partial charge in [0, 0.05) is 19.6 Å². The van der Waals surface area contributed by atoms with Gasteiger partial charge in [0.05, 0.1) is 5.41 Å². The molecule has 0 aromatic heterocycles. The summed E-state index contributed by atoms with van der Waals surface area (Å²) in [4.78, 5) is 14.6. The van der Waals surface area contributed by atoms with Crippen LogP contribution in [0.5, 0.6) is 0 Å². The molecule has 0 atom stereocenters. The number of nitrogens with two attached hydrogens (primary N) is 1. The highest BCUT2D eigenvalue weighted by molar-refractivity contribution is 5.85. The standard InChI is InChI=1S/C14H29N3O.2ClH/c1-4-14(5-2,11-15)13(18)17-8-6-12(7-9-17)10-16-3;;/h12,16H,4-11,15H2,1-3H3;2*1H. The Morgan fingerprint density at radius 1 is 1.25 bits per heavy atom. The number of nitrogens with one attached hydrogen (secondary N) is 1. The van der Waals surface area contributed by atoms with Gasteiger partial charge in [0.1, 0.15) is 0 Å². The fourth-order valence-electron chi connectivity index (χ4n) is 2.89. The number of carbonyl (C=O) groups excluding carboxylic acids is 1. The molecule has 3 N–H and O–H groups in total. The van der Waals surface area contributed by atoms with E-state index < -0.39 is 0 Å². The maximum Gasteiger partial charge on any atom is 0.230 e. The van der Waals surface area contributed by atoms with Crippen molar-refractivity contribution in [1.82, 2.24) is 10.2 Å². The molecule has 0 spiro atoms. The summed E-state index contributed by atoms with van der Waals surface area (Å²) in [6.45, 7) is 7.46. The van der Waals surface area contributed by atoms with Crippen LogP contribution < -0.4 is 11.1 Å². The molecule has 0 unspecified atom stereocenters. The normalized spacial score (nSPS) is 16.3. The molecule has 4 nitrogen and oxygen atoms in total. The predicted molar refractivity (Wildman–Crippen MR) is 89.8 cm³/mol. The van der Waals surface area contributed by atoms with Crippen molar-refractivity contribution in [1.29, 1.82) is 0 Å². The number of likely N-dealkylation sites (tertiary alicyclic amines) is 1. The van der Waals surface area contributed by atoms with Crippen molar-refractivity contribution in [2.75, 3.05) is 33.2 Å². The van der Waals surface area contributed by atoms with Crippen LogP contribution in [0.25, 0.3) is 0 Å². The molecule has 20 heavy (non-hydrogen) atoms. The third-order valence-electron chi connectivity index (χ3n) is 4.59. The molecule has 1 saturated heterocycles. The summed E-state index contributed by atoms with van der Waals surface area (Å²) in [5.74, 6) is 0.993. The van der Waals surface area contributed by atoms with Gasteiger partial charge in [0.2, 0.25) is 5.91 Å². The van der Waals surface area contributed by atoms with Gasteiger partial charge in [-0.25, -0.2) is 0 Å². The van der Waals surface area contributed by atoms with E-state index in [0.29, 0.717) is 6.54 Å². The molecular weight excluding hydrogens is 297 g/mol. The molecule has 1 amide bonds. The van der Waals surface area contributed by atoms with E-state index in [4.69, 9.17) is 5.73 Å². The summed E-state index contributed by atoms with van der Waals surface area (Å²) < 4.78 is 0. The Hall–Kier alpha value is -0.0300. The van der Waals surface area contributed by atoms with Crippen LogP contribution in [0.3, 0.4) is 0 Å². The van der Waals surface area contributed by atoms with Gasteiger partial charge in [0.15, 0.2) is 0 Å². The predicted octanol–water partition coefficient (Wildman–Crippen LogP) is 2.05. The van der Waals surface area contributed by atoms with Crippen molar-refractivity contribution < 1.29 is 4.79 Å². The SMILES string of the molecule is CCC(CC)(CN)C(=O)N1CCC(CNC)CC1.Cl.Cl. The van der Waals surface area contributed by atoms with E-state index in [0.717, 1.165) is 51.2 Å². The van der Waals surface area contributed by atoms with Crippen molar-refractivity contribution >= 4 is 30.7 Å². The second kappa shape index (κ2) is 10.7. The maximum atomic E-state index is 12.6. The van der Waals surface area contributed by atoms with Gasteiger partial charge < -0.3 is 16.0 Å². The summed E-state index contributed by atoms with van der Waals surface area (Å²) >= 11 is 0. The Balaban J connectivity index is 0. The Morgan fingerprint density at radius 2 is 1.75 bits per heavy atom. The molecule has 1 aliphatic rings. The molecular formula is C14H31Cl2N3O. The molecule has 1 aliphatic heterocycles. The summed E-state index contributed by atoms with van der Waals surface area (Å²) in [5.41, 5.74) is 5.53. The van der Waals surface area contributed by atoms with E-state index in [-0.39, 0.29) is 36.1 Å². The van der Waals surface area contributed by atoms with E-state index in [2.05, 4.69) is 19.2 Å². The molecule has 0 bridgehead atoms. The highest BCUT2D eigenvalue weighted by Gasteiger charge is 2.37. The number of rotatable bonds is 6. The first-order chi connectivity index (χ1) is 8.63. The minimum atomic E-state index is -0.324. The van der Waals surface area contributed by atoms with Gasteiger partial charge in [-0.3, -0.25) is 4.79 Å². The summed E-state index contributed by atoms with van der Waals surface area (Å²) in [5, 5.41) is 3.22. The first kappa shape index (κ1) is 22.3. The lowest BCUT2D eigenvalue weighted by Crippen LogP contribution is -2.50. The monoisotopic (exact) mass is 327 g/mol. The highest BCUT2D eigenvalue weighted by atomic mass is 35.5. The molecule has 0 saturated carbocycles. The Bertz CT molecular complexity index is 257. The molecule has 1 heterocycles. The van der Waals surface area contributed by atoms with Crippen LogP contribution in [-0.4, -0.2) is 44.0 Å². The number of hydrogen-bond donors (Lipinski definition) is 2. The lowest BCUT2D eigenvalue weighted by molar-refractivity contribution is -0.143. The minimum absolute atomic E-state index is 0. The third-order valence-corrected chi connectivity index (χ3v) is 4.59. The Morgan fingerprint density at radius 3 is 2.10 bits per heavy atom. The first-order valence-corrected chi connectivity index (χ1v) is 7.27. The van der Waals surface area contributed by atoms with Crippen LogP contribution in [0.15, 0.2) is 0 Å². The van der Waals surface area contributed by atoms with Crippen LogP contribution in [0.1, 0.15) is 39.5 Å². The topological polar surface area (TPSA) is 58.4 Å². The van der Waals surface area contributed by atoms with Gasteiger partial charge in [0.25, 0.3) is 0 Å². The van der Waals surface area contributed by atoms with Gasteiger partial charge in [-0.05, 0) is 45.2 Å². The number of nitrogens with zero attached hydrogens (tertiary/aromatic N) is 1. The molecule has 0 aromatic rings. The van der Waals surface area contributed by atoms with E-state index in [1.807, 2.05) is 11.9 Å². The van der Waals surface area contributed by atoms with Gasteiger partial charge in [-0.15, -0.1) is 24.8 Å². The molecule has 1 rings (SSSR count). The van der Waals surface area contributed by atoms with E-state index in [1.165, 1.54) is 0 Å². The number of halogens is 2. The largest absolute Gasteiger partial charge is 0.342 e. The highest BCUT2D eigenvalue weighted by Crippen LogP contribution is 2.29. The summed E-state index contributed by atoms with van der Waals surface area (Å²) in [6, 6.07) is 0. The fourth-order valence-corrected chi connectivity index (χ4v) is 2.89. The smallest absolute Gasteiger partial charge is 0.230 e. The molecule has 122 valence electrons. The fraction of sp³-hybridized carbons (Fsp3) is 0.929. The average molecular weight is 328 g/mol. The van der Waals surface area contributed by atoms with Crippen molar-refractivity contribution in [3.8, 4) is 0 Å². The second-order valence-corrected chi connectivity index (χ2v) is 5.48. The van der Waals surface area contributed by atoms with Crippen LogP contribution in [0, 0.1) is 11.3 Å². The minimum Gasteiger partial charge on any atom is -0.342 e. The van der Waals surface area contributed by atoms with Gasteiger partial charge in [-0.2, -0.15) is 0 Å². The van der Waals surface area contributed by atoms with Crippen molar-refractivity contribution in [3.05, 3.63) is 0 Å². The van der Waals surface area contributed by atoms with Crippen LogP contribution >= 0.6 is 24.8 Å². The van der Waals surface area contributed by atoms with E-state index >= 15 is 0 Å². The Kier molecular flexibility index (Phi) is 11.9. The zero-order chi connectivity index (χ0) is 13.6. The summed E-state index contributed by atoms with van der Waals surface area (Å²) in [7, 11) is 1.99. The number of hydrogen-bond acceptors (Lipinski definition) is 3. The zero-order valence-electron chi connectivity index (χ0n) is 13.0. The average Bonchev–Trinajstić information content (AvgIpc) is 2.42. The number of piperidine rings is 1. The van der Waals surface area contributed by atoms with Crippen molar-refractivity contribution in [2.45, 2.75) is 39.5 Å². The van der Waals surface area contributed by atoms with E-state index in [9.17, 15) is 4.79 Å². The molecule has 0 aliphatic carbocycles. The van der Waals surface area contributed by atoms with Crippen LogP contribution in [-0.2, 0) is 4.79 Å². The number of carbonyl (C=O) groups is 1. The van der Waals surface area contributed by atoms with Gasteiger partial charge >= 0.3 is 0 Å². The third kappa shape index (κ3) is 5.06. The molecule has 0 aromatic carbocycles. The molecule has 6 heteroatoms. The lowest BCUT2D eigenvalue weighted by atomic mass is 9.80. The second-order valence-electron chi connectivity index (χ2n) is 5.48. The lowest BCUT2D eigenvalue weighted by Gasteiger charge is -2.39. The van der Waals surface area contributed by atoms with Crippen molar-refractivity contribution in [3.63, 3.8) is 0 Å². The summed E-state index contributed by atoms with van der Waals surface area (Å²) in [6.07, 6.45) is 3.91. The molecule has 1 fully saturated rings. The zero-order valence-corrected chi connectivity index (χ0v) is 14.6.